The molecule has 0 unspecified atom stereocenters. The van der Waals surface area contributed by atoms with E-state index in [4.69, 9.17) is 9.47 Å². The summed E-state index contributed by atoms with van der Waals surface area (Å²) in [6.45, 7) is 0.418. The van der Waals surface area contributed by atoms with E-state index in [2.05, 4.69) is 15.5 Å². The van der Waals surface area contributed by atoms with Crippen molar-refractivity contribution in [3.63, 3.8) is 0 Å². The summed E-state index contributed by atoms with van der Waals surface area (Å²) in [4.78, 5) is 15.5. The molecule has 27 heavy (non-hydrogen) atoms. The number of hydrogen-bond donors (Lipinski definition) is 2. The minimum Gasteiger partial charge on any atom is -0.427 e. The van der Waals surface area contributed by atoms with Crippen molar-refractivity contribution in [3.8, 4) is 16.2 Å². The number of hydrogen-bond acceptors (Lipinski definition) is 6. The average molecular weight is 394 g/mol. The Bertz CT molecular complexity index is 946. The fourth-order valence-corrected chi connectivity index (χ4v) is 5.80. The van der Waals surface area contributed by atoms with E-state index < -0.39 is 12.7 Å². The van der Waals surface area contributed by atoms with Gasteiger partial charge in [-0.2, -0.15) is 13.9 Å². The molecule has 1 saturated carbocycles. The first-order chi connectivity index (χ1) is 13.0. The second-order valence-electron chi connectivity index (χ2n) is 7.62. The molecule has 0 radical (unpaired) electrons. The van der Waals surface area contributed by atoms with Crippen LogP contribution < -0.4 is 15.0 Å². The van der Waals surface area contributed by atoms with Gasteiger partial charge in [-0.25, -0.2) is 0 Å². The lowest BCUT2D eigenvalue weighted by Crippen LogP contribution is -2.51. The molecule has 10 heteroatoms. The van der Waals surface area contributed by atoms with Crippen LogP contribution in [0.5, 0.6) is 5.75 Å². The van der Waals surface area contributed by atoms with E-state index in [9.17, 15) is 13.6 Å². The van der Waals surface area contributed by atoms with Crippen molar-refractivity contribution < 1.29 is 23.0 Å². The Morgan fingerprint density at radius 3 is 2.96 bits per heavy atom. The van der Waals surface area contributed by atoms with Crippen LogP contribution in [0.2, 0.25) is 0 Å². The fraction of sp³-hybridized carbons (Fsp3) is 0.529. The molecule has 6 rings (SSSR count). The number of thiophene rings is 1. The zero-order valence-electron chi connectivity index (χ0n) is 14.1. The second-order valence-corrected chi connectivity index (χ2v) is 8.64. The fourth-order valence-electron chi connectivity index (χ4n) is 4.67. The van der Waals surface area contributed by atoms with Gasteiger partial charge in [0.05, 0.1) is 23.2 Å². The lowest BCUT2D eigenvalue weighted by molar-refractivity contribution is -0.171. The predicted molar refractivity (Wildman–Crippen MR) is 92.3 cm³/mol. The number of ether oxygens (including phenoxy) is 2. The van der Waals surface area contributed by atoms with Gasteiger partial charge < -0.3 is 19.7 Å². The molecule has 2 N–H and O–H groups in total. The maximum absolute atomic E-state index is 14.4. The summed E-state index contributed by atoms with van der Waals surface area (Å²) in [5.41, 5.74) is 0.968. The summed E-state index contributed by atoms with van der Waals surface area (Å²) in [6, 6.07) is -0.212. The van der Waals surface area contributed by atoms with Crippen LogP contribution in [0.15, 0.2) is 12.4 Å². The largest absolute Gasteiger partial charge is 0.427 e. The van der Waals surface area contributed by atoms with Gasteiger partial charge in [-0.15, -0.1) is 11.3 Å². The molecule has 2 fully saturated rings. The Morgan fingerprint density at radius 1 is 1.37 bits per heavy atom. The molecule has 3 atom stereocenters. The molecule has 1 saturated heterocycles. The van der Waals surface area contributed by atoms with Crippen LogP contribution in [0, 0.1) is 5.41 Å². The molecule has 7 nitrogen and oxygen atoms in total. The number of carbonyl (C=O) groups excluding carboxylic acids is 1. The van der Waals surface area contributed by atoms with E-state index in [1.165, 1.54) is 6.20 Å². The standard InChI is InChI=1S/C17H16F2N4O3S/c18-17(19)7-23-6-9(16-1-2-25-10(16)3-16)22-15(24)14-11(23)12(26-17)13(27-14)8-4-20-21-5-8/h4-5,9-10H,1-3,6-7H2,(H,20,21)(H,22,24)/t9-,10+,16-/m1/s1. The number of aromatic nitrogens is 2. The van der Waals surface area contributed by atoms with E-state index in [1.807, 2.05) is 0 Å². The summed E-state index contributed by atoms with van der Waals surface area (Å²) < 4.78 is 39.5. The molecule has 0 aromatic carbocycles. The van der Waals surface area contributed by atoms with Gasteiger partial charge >= 0.3 is 6.11 Å². The number of fused-ring (bicyclic) bond motifs is 1. The van der Waals surface area contributed by atoms with Gasteiger partial charge in [0.2, 0.25) is 0 Å². The molecule has 0 bridgehead atoms. The Balaban J connectivity index is 1.47. The van der Waals surface area contributed by atoms with Crippen LogP contribution in [-0.2, 0) is 4.74 Å². The van der Waals surface area contributed by atoms with E-state index in [1.54, 1.807) is 11.1 Å². The summed E-state index contributed by atoms with van der Waals surface area (Å²) in [5.74, 6) is -0.171. The zero-order chi connectivity index (χ0) is 18.4. The van der Waals surface area contributed by atoms with Gasteiger partial charge in [-0.1, -0.05) is 0 Å². The van der Waals surface area contributed by atoms with E-state index >= 15 is 0 Å². The number of carbonyl (C=O) groups is 1. The van der Waals surface area contributed by atoms with Crippen LogP contribution in [0.3, 0.4) is 0 Å². The number of rotatable bonds is 2. The van der Waals surface area contributed by atoms with Crippen molar-refractivity contribution in [1.82, 2.24) is 15.5 Å². The third kappa shape index (κ3) is 2.13. The number of halogens is 2. The number of amides is 1. The van der Waals surface area contributed by atoms with Crippen molar-refractivity contribution >= 4 is 22.9 Å². The molecule has 1 aliphatic carbocycles. The van der Waals surface area contributed by atoms with Crippen LogP contribution in [0.1, 0.15) is 22.5 Å². The molecule has 2 aromatic rings. The smallest absolute Gasteiger partial charge is 0.416 e. The number of nitrogens with one attached hydrogen (secondary N) is 2. The summed E-state index contributed by atoms with van der Waals surface area (Å²) >= 11 is 1.16. The van der Waals surface area contributed by atoms with Crippen molar-refractivity contribution in [2.75, 3.05) is 24.6 Å². The molecule has 142 valence electrons. The lowest BCUT2D eigenvalue weighted by Gasteiger charge is -2.36. The first-order valence-electron chi connectivity index (χ1n) is 8.87. The molecular weight excluding hydrogens is 378 g/mol. The first-order valence-corrected chi connectivity index (χ1v) is 9.69. The maximum Gasteiger partial charge on any atom is 0.416 e. The van der Waals surface area contributed by atoms with Gasteiger partial charge in [-0.3, -0.25) is 9.89 Å². The predicted octanol–water partition coefficient (Wildman–Crippen LogP) is 2.22. The second kappa shape index (κ2) is 4.99. The molecule has 1 amide bonds. The van der Waals surface area contributed by atoms with Gasteiger partial charge in [-0.05, 0) is 12.8 Å². The Morgan fingerprint density at radius 2 is 2.26 bits per heavy atom. The van der Waals surface area contributed by atoms with Crippen LogP contribution in [-0.4, -0.2) is 54.1 Å². The Hall–Kier alpha value is -2.20. The van der Waals surface area contributed by atoms with Crippen molar-refractivity contribution in [2.24, 2.45) is 5.41 Å². The van der Waals surface area contributed by atoms with Crippen LogP contribution in [0.25, 0.3) is 10.4 Å². The third-order valence-electron chi connectivity index (χ3n) is 6.09. The van der Waals surface area contributed by atoms with Crippen LogP contribution in [0.4, 0.5) is 14.5 Å². The van der Waals surface area contributed by atoms with Gasteiger partial charge in [0.25, 0.3) is 5.91 Å². The Kier molecular flexibility index (Phi) is 2.92. The number of H-pyrrole nitrogens is 1. The van der Waals surface area contributed by atoms with Gasteiger partial charge in [0.1, 0.15) is 17.1 Å². The number of aromatic amines is 1. The van der Waals surface area contributed by atoms with Gasteiger partial charge in [0.15, 0.2) is 5.75 Å². The monoisotopic (exact) mass is 394 g/mol. The van der Waals surface area contributed by atoms with E-state index in [0.717, 1.165) is 24.2 Å². The van der Waals surface area contributed by atoms with Crippen molar-refractivity contribution in [3.05, 3.63) is 17.3 Å². The first kappa shape index (κ1) is 15.8. The highest BCUT2D eigenvalue weighted by Crippen LogP contribution is 2.60. The molecule has 0 spiro atoms. The topological polar surface area (TPSA) is 79.5 Å². The lowest BCUT2D eigenvalue weighted by atomic mass is 9.93. The van der Waals surface area contributed by atoms with Crippen LogP contribution >= 0.6 is 11.3 Å². The average Bonchev–Trinajstić information content (AvgIpc) is 3.02. The Labute approximate surface area is 156 Å². The molecule has 2 aromatic heterocycles. The number of alkyl halides is 2. The SMILES string of the molecule is O=C1N[C@@H]([C@]23CCO[C@H]2C3)CN2CC(F)(F)Oc3c(-c4cn[nH]c4)sc1c32. The molecule has 3 aliphatic heterocycles. The number of anilines is 1. The zero-order valence-corrected chi connectivity index (χ0v) is 14.9. The highest BCUT2D eigenvalue weighted by Gasteiger charge is 2.64. The highest BCUT2D eigenvalue weighted by atomic mass is 32.1. The normalized spacial score (nSPS) is 33.0. The van der Waals surface area contributed by atoms with E-state index in [0.29, 0.717) is 34.2 Å². The van der Waals surface area contributed by atoms with Crippen molar-refractivity contribution in [1.29, 1.82) is 0 Å². The summed E-state index contributed by atoms with van der Waals surface area (Å²) in [7, 11) is 0. The highest BCUT2D eigenvalue weighted by molar-refractivity contribution is 7.18. The summed E-state index contributed by atoms with van der Waals surface area (Å²) in [6.07, 6.45) is 1.67. The molecular formula is C17H16F2N4O3S. The molecule has 5 heterocycles. The molecule has 4 aliphatic rings. The quantitative estimate of drug-likeness (QED) is 0.817. The minimum absolute atomic E-state index is 0.0657. The van der Waals surface area contributed by atoms with E-state index in [-0.39, 0.29) is 29.2 Å². The minimum atomic E-state index is -3.32. The summed E-state index contributed by atoms with van der Waals surface area (Å²) in [5, 5.41) is 9.64. The third-order valence-corrected chi connectivity index (χ3v) is 7.29. The van der Waals surface area contributed by atoms with Crippen molar-refractivity contribution in [2.45, 2.75) is 31.1 Å². The van der Waals surface area contributed by atoms with Gasteiger partial charge in [0, 0.05) is 30.3 Å². The number of nitrogens with zero attached hydrogens (tertiary/aromatic N) is 2. The maximum atomic E-state index is 14.4.